The first-order valence-electron chi connectivity index (χ1n) is 8.81. The Balaban J connectivity index is 1.67. The molecule has 8 heteroatoms. The number of aromatic amines is 1. The smallest absolute Gasteiger partial charge is 0.312 e. The summed E-state index contributed by atoms with van der Waals surface area (Å²) < 4.78 is 1.57. The number of nitrogens with one attached hydrogen (secondary N) is 1. The van der Waals surface area contributed by atoms with Crippen molar-refractivity contribution < 1.29 is 9.59 Å². The van der Waals surface area contributed by atoms with Crippen LogP contribution in [0.25, 0.3) is 0 Å². The van der Waals surface area contributed by atoms with E-state index in [2.05, 4.69) is 17.1 Å². The summed E-state index contributed by atoms with van der Waals surface area (Å²) in [6.07, 6.45) is 3.26. The maximum atomic E-state index is 12.5. The van der Waals surface area contributed by atoms with Gasteiger partial charge >= 0.3 is 5.69 Å². The number of hydrogen-bond acceptors (Lipinski definition) is 5. The summed E-state index contributed by atoms with van der Waals surface area (Å²) in [7, 11) is 0. The zero-order chi connectivity index (χ0) is 18.5. The van der Waals surface area contributed by atoms with Crippen LogP contribution >= 0.6 is 11.8 Å². The Morgan fingerprint density at radius 3 is 2.92 bits per heavy atom. The molecule has 138 valence electrons. The van der Waals surface area contributed by atoms with Crippen molar-refractivity contribution in [1.29, 1.82) is 0 Å². The number of H-pyrrole nitrogens is 1. The second-order valence-electron chi connectivity index (χ2n) is 6.23. The van der Waals surface area contributed by atoms with Crippen LogP contribution in [0.15, 0.2) is 34.2 Å². The Labute approximate surface area is 155 Å². The van der Waals surface area contributed by atoms with Crippen LogP contribution in [0.3, 0.4) is 0 Å². The maximum absolute atomic E-state index is 12.5. The van der Waals surface area contributed by atoms with E-state index in [0.29, 0.717) is 30.2 Å². The molecule has 1 aromatic carbocycles. The summed E-state index contributed by atoms with van der Waals surface area (Å²) in [4.78, 5) is 37.9. The molecule has 7 nitrogen and oxygen atoms in total. The number of ketones is 1. The molecule has 26 heavy (non-hydrogen) atoms. The first kappa shape index (κ1) is 18.4. The number of unbranched alkanes of at least 4 members (excludes halogenated alkanes) is 1. The van der Waals surface area contributed by atoms with E-state index >= 15 is 0 Å². The highest BCUT2D eigenvalue weighted by atomic mass is 32.2. The predicted molar refractivity (Wildman–Crippen MR) is 101 cm³/mol. The lowest BCUT2D eigenvalue weighted by Gasteiger charge is -2.16. The third-order valence-electron chi connectivity index (χ3n) is 4.34. The van der Waals surface area contributed by atoms with E-state index in [0.717, 1.165) is 24.9 Å². The Kier molecular flexibility index (Phi) is 5.92. The van der Waals surface area contributed by atoms with Gasteiger partial charge in [0.15, 0.2) is 10.9 Å². The number of rotatable bonds is 8. The maximum Gasteiger partial charge on any atom is 0.343 e. The minimum absolute atomic E-state index is 0.0546. The van der Waals surface area contributed by atoms with Gasteiger partial charge in [-0.15, -0.1) is 5.10 Å². The summed E-state index contributed by atoms with van der Waals surface area (Å²) in [5, 5.41) is 6.98. The van der Waals surface area contributed by atoms with Crippen LogP contribution in [0.1, 0.15) is 43.0 Å². The summed E-state index contributed by atoms with van der Waals surface area (Å²) in [6, 6.07) is 7.16. The Morgan fingerprint density at radius 2 is 2.19 bits per heavy atom. The van der Waals surface area contributed by atoms with Crippen molar-refractivity contribution in [1.82, 2.24) is 14.8 Å². The van der Waals surface area contributed by atoms with Crippen molar-refractivity contribution in [2.24, 2.45) is 0 Å². The van der Waals surface area contributed by atoms with Gasteiger partial charge in [0.1, 0.15) is 0 Å². The second-order valence-corrected chi connectivity index (χ2v) is 7.17. The first-order chi connectivity index (χ1) is 12.6. The van der Waals surface area contributed by atoms with Gasteiger partial charge < -0.3 is 4.90 Å². The van der Waals surface area contributed by atoms with Gasteiger partial charge in [-0.3, -0.25) is 14.2 Å². The topological polar surface area (TPSA) is 88.1 Å². The van der Waals surface area contributed by atoms with Crippen molar-refractivity contribution in [3.8, 4) is 0 Å². The number of Topliss-reactive ketones (excluding diaryl/α,β-unsaturated/α-hetero) is 1. The fourth-order valence-electron chi connectivity index (χ4n) is 2.91. The van der Waals surface area contributed by atoms with E-state index in [1.165, 1.54) is 11.8 Å². The lowest BCUT2D eigenvalue weighted by Crippen LogP contribution is -2.23. The van der Waals surface area contributed by atoms with Gasteiger partial charge in [0.05, 0.1) is 5.75 Å². The number of aromatic nitrogens is 3. The van der Waals surface area contributed by atoms with Crippen LogP contribution in [0.5, 0.6) is 0 Å². The molecule has 3 rings (SSSR count). The van der Waals surface area contributed by atoms with E-state index in [1.54, 1.807) is 27.7 Å². The first-order valence-corrected chi connectivity index (χ1v) is 9.80. The molecule has 2 aromatic rings. The van der Waals surface area contributed by atoms with E-state index in [-0.39, 0.29) is 23.1 Å². The summed E-state index contributed by atoms with van der Waals surface area (Å²) in [6.45, 7) is 3.34. The number of thioether (sulfide) groups is 1. The zero-order valence-corrected chi connectivity index (χ0v) is 15.6. The quantitative estimate of drug-likeness (QED) is 0.566. The van der Waals surface area contributed by atoms with Gasteiger partial charge in [-0.05, 0) is 25.0 Å². The SMILES string of the molecule is CCCCn1c(SCC(=O)c2cccc(N3CCCC3=O)c2)n[nH]c1=O. The Morgan fingerprint density at radius 1 is 1.35 bits per heavy atom. The largest absolute Gasteiger partial charge is 0.343 e. The molecule has 0 unspecified atom stereocenters. The molecule has 1 N–H and O–H groups in total. The highest BCUT2D eigenvalue weighted by Gasteiger charge is 2.22. The standard InChI is InChI=1S/C18H22N4O3S/c1-2-3-9-22-17(25)19-20-18(22)26-12-15(23)13-6-4-7-14(11-13)21-10-5-8-16(21)24/h4,6-7,11H,2-3,5,8-10,12H2,1H3,(H,19,25). The monoisotopic (exact) mass is 374 g/mol. The predicted octanol–water partition coefficient (Wildman–Crippen LogP) is 2.47. The summed E-state index contributed by atoms with van der Waals surface area (Å²) in [5.74, 6) is 0.231. The number of amides is 1. The molecule has 0 spiro atoms. The van der Waals surface area contributed by atoms with Gasteiger partial charge in [-0.25, -0.2) is 9.89 Å². The highest BCUT2D eigenvalue weighted by molar-refractivity contribution is 7.99. The van der Waals surface area contributed by atoms with E-state index in [1.807, 2.05) is 6.07 Å². The normalized spacial score (nSPS) is 14.2. The van der Waals surface area contributed by atoms with Crippen molar-refractivity contribution >= 4 is 29.1 Å². The number of anilines is 1. The molecule has 1 saturated heterocycles. The molecule has 1 aliphatic rings. The lowest BCUT2D eigenvalue weighted by molar-refractivity contribution is -0.117. The summed E-state index contributed by atoms with van der Waals surface area (Å²) in [5.41, 5.74) is 1.08. The lowest BCUT2D eigenvalue weighted by atomic mass is 10.1. The van der Waals surface area contributed by atoms with Gasteiger partial charge in [0, 0.05) is 30.8 Å². The van der Waals surface area contributed by atoms with E-state index in [4.69, 9.17) is 0 Å². The fraction of sp³-hybridized carbons (Fsp3) is 0.444. The summed E-state index contributed by atoms with van der Waals surface area (Å²) >= 11 is 1.25. The molecule has 1 aliphatic heterocycles. The van der Waals surface area contributed by atoms with Crippen molar-refractivity contribution in [3.63, 3.8) is 0 Å². The van der Waals surface area contributed by atoms with Gasteiger partial charge in [0.25, 0.3) is 0 Å². The fourth-order valence-corrected chi connectivity index (χ4v) is 3.78. The molecular formula is C18H22N4O3S. The molecule has 0 aliphatic carbocycles. The molecule has 1 fully saturated rings. The van der Waals surface area contributed by atoms with Gasteiger partial charge in [-0.1, -0.05) is 37.2 Å². The molecule has 2 heterocycles. The van der Waals surface area contributed by atoms with E-state index in [9.17, 15) is 14.4 Å². The Bertz CT molecular complexity index is 858. The number of carbonyl (C=O) groups is 2. The number of benzene rings is 1. The molecule has 1 amide bonds. The minimum atomic E-state index is -0.247. The minimum Gasteiger partial charge on any atom is -0.312 e. The average Bonchev–Trinajstić information content (AvgIpc) is 3.23. The number of nitrogens with zero attached hydrogens (tertiary/aromatic N) is 3. The zero-order valence-electron chi connectivity index (χ0n) is 14.7. The molecule has 0 radical (unpaired) electrons. The highest BCUT2D eigenvalue weighted by Crippen LogP contribution is 2.23. The molecule has 0 saturated carbocycles. The third kappa shape index (κ3) is 4.07. The third-order valence-corrected chi connectivity index (χ3v) is 5.32. The number of carbonyl (C=O) groups excluding carboxylic acids is 2. The molecule has 0 bridgehead atoms. The van der Waals surface area contributed by atoms with Crippen LogP contribution in [0, 0.1) is 0 Å². The van der Waals surface area contributed by atoms with Gasteiger partial charge in [-0.2, -0.15) is 0 Å². The average molecular weight is 374 g/mol. The van der Waals surface area contributed by atoms with Crippen molar-refractivity contribution in [3.05, 3.63) is 40.3 Å². The number of hydrogen-bond donors (Lipinski definition) is 1. The van der Waals surface area contributed by atoms with Crippen LogP contribution in [0.2, 0.25) is 0 Å². The second kappa shape index (κ2) is 8.35. The molecule has 1 aromatic heterocycles. The van der Waals surface area contributed by atoms with E-state index < -0.39 is 0 Å². The van der Waals surface area contributed by atoms with Crippen LogP contribution < -0.4 is 10.6 Å². The van der Waals surface area contributed by atoms with Crippen molar-refractivity contribution in [2.75, 3.05) is 17.2 Å². The molecule has 0 atom stereocenters. The van der Waals surface area contributed by atoms with Crippen molar-refractivity contribution in [2.45, 2.75) is 44.3 Å². The molecular weight excluding hydrogens is 352 g/mol. The van der Waals surface area contributed by atoms with Crippen LogP contribution in [0.4, 0.5) is 5.69 Å². The van der Waals surface area contributed by atoms with Crippen LogP contribution in [-0.2, 0) is 11.3 Å². The van der Waals surface area contributed by atoms with Crippen LogP contribution in [-0.4, -0.2) is 38.8 Å². The Hall–Kier alpha value is -2.35. The van der Waals surface area contributed by atoms with Gasteiger partial charge in [0.2, 0.25) is 5.91 Å².